The Labute approximate surface area is 133 Å². The molecule has 0 aliphatic carbocycles. The lowest BCUT2D eigenvalue weighted by molar-refractivity contribution is -0.293. The van der Waals surface area contributed by atoms with Gasteiger partial charge in [0, 0.05) is 33.6 Å². The summed E-state index contributed by atoms with van der Waals surface area (Å²) in [7, 11) is 1.35. The Morgan fingerprint density at radius 2 is 1.36 bits per heavy atom. The van der Waals surface area contributed by atoms with Crippen LogP contribution in [0.4, 0.5) is 0 Å². The highest BCUT2D eigenvalue weighted by Gasteiger charge is 2.51. The largest absolute Gasteiger partial charge is 0.456 e. The van der Waals surface area contributed by atoms with Gasteiger partial charge in [-0.05, 0) is 0 Å². The summed E-state index contributed by atoms with van der Waals surface area (Å²) in [6, 6.07) is 0. The Hall–Kier alpha value is -1.32. The van der Waals surface area contributed by atoms with Gasteiger partial charge in [-0.1, -0.05) is 0 Å². The first-order valence-electron chi connectivity index (χ1n) is 6.61. The molecule has 0 aromatic carbocycles. The number of carbonyl (C=O) groups excluding carboxylic acids is 3. The van der Waals surface area contributed by atoms with Crippen LogP contribution in [0.3, 0.4) is 0 Å². The van der Waals surface area contributed by atoms with Crippen molar-refractivity contribution in [1.82, 2.24) is 0 Å². The fraction of sp³-hybridized carbons (Fsp3) is 0.769. The third kappa shape index (κ3) is 4.85. The molecule has 0 N–H and O–H groups in total. The number of esters is 3. The molecule has 1 heterocycles. The molecular formula is C13H20O8S. The monoisotopic (exact) mass is 336 g/mol. The average Bonchev–Trinajstić information content (AvgIpc) is 2.41. The summed E-state index contributed by atoms with van der Waals surface area (Å²) in [5, 5.41) is 0. The predicted molar refractivity (Wildman–Crippen MR) is 76.2 cm³/mol. The smallest absolute Gasteiger partial charge is 0.303 e. The maximum absolute atomic E-state index is 11.4. The molecule has 0 radical (unpaired) electrons. The molecule has 0 aromatic rings. The number of methoxy groups -OCH3 is 1. The summed E-state index contributed by atoms with van der Waals surface area (Å²) >= 11 is 4.14. The molecule has 0 aromatic heterocycles. The second-order valence-electron chi connectivity index (χ2n) is 4.68. The molecule has 0 unspecified atom stereocenters. The van der Waals surface area contributed by atoms with E-state index in [1.807, 2.05) is 0 Å². The molecule has 126 valence electrons. The lowest BCUT2D eigenvalue weighted by Crippen LogP contribution is -2.62. The van der Waals surface area contributed by atoms with Crippen molar-refractivity contribution in [3.63, 3.8) is 0 Å². The van der Waals surface area contributed by atoms with Gasteiger partial charge in [0.05, 0.1) is 0 Å². The van der Waals surface area contributed by atoms with E-state index in [1.165, 1.54) is 27.9 Å². The van der Waals surface area contributed by atoms with E-state index in [1.54, 1.807) is 0 Å². The fourth-order valence-electron chi connectivity index (χ4n) is 2.19. The van der Waals surface area contributed by atoms with Gasteiger partial charge in [-0.3, -0.25) is 14.4 Å². The zero-order valence-electron chi connectivity index (χ0n) is 12.8. The van der Waals surface area contributed by atoms with E-state index < -0.39 is 48.6 Å². The maximum Gasteiger partial charge on any atom is 0.303 e. The van der Waals surface area contributed by atoms with E-state index in [0.717, 1.165) is 0 Å². The summed E-state index contributed by atoms with van der Waals surface area (Å²) in [6.45, 7) is 3.61. The van der Waals surface area contributed by atoms with Gasteiger partial charge in [0.2, 0.25) is 0 Å². The molecule has 5 atom stereocenters. The first-order valence-corrected chi connectivity index (χ1v) is 7.24. The zero-order valence-corrected chi connectivity index (χ0v) is 13.7. The predicted octanol–water partition coefficient (Wildman–Crippen LogP) is 0.0826. The Morgan fingerprint density at radius 1 is 0.909 bits per heavy atom. The number of hydrogen-bond acceptors (Lipinski definition) is 9. The van der Waals surface area contributed by atoms with Crippen LogP contribution in [0.15, 0.2) is 0 Å². The van der Waals surface area contributed by atoms with Crippen LogP contribution in [0, 0.1) is 0 Å². The van der Waals surface area contributed by atoms with Crippen LogP contribution in [-0.2, 0) is 38.1 Å². The van der Waals surface area contributed by atoms with Crippen molar-refractivity contribution in [3.8, 4) is 0 Å². The van der Waals surface area contributed by atoms with Crippen molar-refractivity contribution >= 4 is 30.5 Å². The number of rotatable bonds is 5. The molecule has 1 aliphatic rings. The summed E-state index contributed by atoms with van der Waals surface area (Å²) in [5.41, 5.74) is 0. The van der Waals surface area contributed by atoms with E-state index >= 15 is 0 Å². The molecule has 1 rings (SSSR count). The third-order valence-corrected chi connectivity index (χ3v) is 3.27. The Balaban J connectivity index is 3.14. The van der Waals surface area contributed by atoms with Crippen LogP contribution in [0.5, 0.6) is 0 Å². The molecule has 1 fully saturated rings. The molecule has 8 nitrogen and oxygen atoms in total. The molecule has 0 bridgehead atoms. The fourth-order valence-corrected chi connectivity index (χ4v) is 2.49. The second-order valence-corrected chi connectivity index (χ2v) is 5.05. The van der Waals surface area contributed by atoms with Gasteiger partial charge in [-0.25, -0.2) is 0 Å². The normalized spacial score (nSPS) is 31.2. The van der Waals surface area contributed by atoms with Crippen molar-refractivity contribution < 1.29 is 38.1 Å². The lowest BCUT2D eigenvalue weighted by atomic mass is 9.98. The molecule has 0 spiro atoms. The van der Waals surface area contributed by atoms with Crippen molar-refractivity contribution in [3.05, 3.63) is 0 Å². The van der Waals surface area contributed by atoms with Crippen LogP contribution in [0.25, 0.3) is 0 Å². The quantitative estimate of drug-likeness (QED) is 0.428. The first kappa shape index (κ1) is 18.7. The summed E-state index contributed by atoms with van der Waals surface area (Å²) in [4.78, 5) is 34.0. The number of thiol groups is 1. The van der Waals surface area contributed by atoms with E-state index in [9.17, 15) is 14.4 Å². The van der Waals surface area contributed by atoms with Gasteiger partial charge in [0.25, 0.3) is 0 Å². The van der Waals surface area contributed by atoms with E-state index in [2.05, 4.69) is 12.6 Å². The van der Waals surface area contributed by atoms with E-state index in [0.29, 0.717) is 0 Å². The van der Waals surface area contributed by atoms with Crippen molar-refractivity contribution in [2.45, 2.75) is 51.5 Å². The van der Waals surface area contributed by atoms with Crippen LogP contribution in [0.2, 0.25) is 0 Å². The highest BCUT2D eigenvalue weighted by Crippen LogP contribution is 2.29. The van der Waals surface area contributed by atoms with E-state index in [4.69, 9.17) is 23.7 Å². The summed E-state index contributed by atoms with van der Waals surface area (Å²) in [6.07, 6.45) is -4.74. The molecule has 0 saturated carbocycles. The number of ether oxygens (including phenoxy) is 5. The lowest BCUT2D eigenvalue weighted by Gasteiger charge is -2.43. The molecule has 9 heteroatoms. The topological polar surface area (TPSA) is 97.4 Å². The molecule has 22 heavy (non-hydrogen) atoms. The minimum absolute atomic E-state index is 0.183. The Bertz CT molecular complexity index is 396. The van der Waals surface area contributed by atoms with Crippen molar-refractivity contribution in [1.29, 1.82) is 0 Å². The first-order chi connectivity index (χ1) is 10.3. The van der Waals surface area contributed by atoms with E-state index in [-0.39, 0.29) is 5.75 Å². The second kappa shape index (κ2) is 8.35. The van der Waals surface area contributed by atoms with Crippen molar-refractivity contribution in [2.75, 3.05) is 12.9 Å². The van der Waals surface area contributed by atoms with Gasteiger partial charge in [0.1, 0.15) is 6.10 Å². The van der Waals surface area contributed by atoms with Crippen LogP contribution < -0.4 is 0 Å². The molecule has 1 aliphatic heterocycles. The number of carbonyl (C=O) groups is 3. The highest BCUT2D eigenvalue weighted by atomic mass is 32.1. The molecular weight excluding hydrogens is 316 g/mol. The Morgan fingerprint density at radius 3 is 1.77 bits per heavy atom. The van der Waals surface area contributed by atoms with Gasteiger partial charge in [-0.15, -0.1) is 0 Å². The standard InChI is InChI=1S/C13H20O8S/c1-6(14)18-10-9(5-22)21-13(17-4)12(20-8(3)16)11(10)19-7(2)15/h9-13,22H,5H2,1-4H3/t9-,10-,11+,12+,13+/m1/s1. The molecule has 0 amide bonds. The summed E-state index contributed by atoms with van der Waals surface area (Å²) < 4.78 is 26.2. The van der Waals surface area contributed by atoms with Crippen LogP contribution >= 0.6 is 12.6 Å². The highest BCUT2D eigenvalue weighted by molar-refractivity contribution is 7.80. The Kier molecular flexibility index (Phi) is 7.11. The minimum atomic E-state index is -1.06. The third-order valence-electron chi connectivity index (χ3n) is 2.91. The number of hydrogen-bond donors (Lipinski definition) is 1. The summed E-state index contributed by atoms with van der Waals surface area (Å²) in [5.74, 6) is -1.63. The van der Waals surface area contributed by atoms with Gasteiger partial charge >= 0.3 is 17.9 Å². The van der Waals surface area contributed by atoms with Gasteiger partial charge in [-0.2, -0.15) is 12.6 Å². The minimum Gasteiger partial charge on any atom is -0.456 e. The van der Waals surface area contributed by atoms with Crippen LogP contribution in [-0.4, -0.2) is 61.5 Å². The zero-order chi connectivity index (χ0) is 16.9. The van der Waals surface area contributed by atoms with Gasteiger partial charge in [0.15, 0.2) is 24.6 Å². The SMILES string of the molecule is CO[C@H]1O[C@H](CS)[C@@H](OC(C)=O)[C@H](OC(C)=O)[C@@H]1OC(C)=O. The molecule has 1 saturated heterocycles. The average molecular weight is 336 g/mol. The maximum atomic E-state index is 11.4. The van der Waals surface area contributed by atoms with Crippen molar-refractivity contribution in [2.24, 2.45) is 0 Å². The van der Waals surface area contributed by atoms with Crippen LogP contribution in [0.1, 0.15) is 20.8 Å². The van der Waals surface area contributed by atoms with Gasteiger partial charge < -0.3 is 23.7 Å².